The van der Waals surface area contributed by atoms with Crippen molar-refractivity contribution in [2.75, 3.05) is 45.9 Å². The lowest BCUT2D eigenvalue weighted by Crippen LogP contribution is -2.49. The minimum Gasteiger partial charge on any atom is -0.490 e. The number of ether oxygens (including phenoxy) is 1. The number of benzene rings is 2. The highest BCUT2D eigenvalue weighted by molar-refractivity contribution is 5.98. The number of piperazine rings is 1. The van der Waals surface area contributed by atoms with Gasteiger partial charge in [0.15, 0.2) is 5.78 Å². The average molecular weight is 469 g/mol. The number of β-amino-alcohol motifs (C(OH)–C–C–N with tert-alkyl or cyclic N) is 1. The lowest BCUT2D eigenvalue weighted by atomic mass is 10.0. The maximum absolute atomic E-state index is 13.8. The molecule has 1 atom stereocenters. The van der Waals surface area contributed by atoms with Crippen LogP contribution < -0.4 is 4.74 Å². The van der Waals surface area contributed by atoms with Crippen LogP contribution in [0.5, 0.6) is 5.75 Å². The molecule has 3 rings (SSSR count). The Bertz CT molecular complexity index is 859. The first kappa shape index (κ1) is 26.2. The summed E-state index contributed by atoms with van der Waals surface area (Å²) in [5.41, 5.74) is 0.984. The van der Waals surface area contributed by atoms with Gasteiger partial charge in [0.2, 0.25) is 0 Å². The lowest BCUT2D eigenvalue weighted by Gasteiger charge is -2.34. The molecule has 8 heteroatoms. The van der Waals surface area contributed by atoms with Crippen LogP contribution in [0.1, 0.15) is 29.3 Å². The van der Waals surface area contributed by atoms with Crippen LogP contribution in [0.15, 0.2) is 42.5 Å². The average Bonchev–Trinajstić information content (AvgIpc) is 2.78. The highest BCUT2D eigenvalue weighted by Gasteiger charge is 2.20. The van der Waals surface area contributed by atoms with E-state index in [2.05, 4.69) is 16.7 Å². The van der Waals surface area contributed by atoms with Crippen LogP contribution in [-0.4, -0.2) is 72.7 Å². The zero-order chi connectivity index (χ0) is 22.2. The first-order valence-electron chi connectivity index (χ1n) is 10.8. The van der Waals surface area contributed by atoms with Crippen LogP contribution in [-0.2, 0) is 6.42 Å². The number of hydrogen-bond acceptors (Lipinski definition) is 5. The van der Waals surface area contributed by atoms with Gasteiger partial charge in [0, 0.05) is 39.1 Å². The molecular weight excluding hydrogens is 438 g/mol. The van der Waals surface area contributed by atoms with Gasteiger partial charge in [-0.3, -0.25) is 9.69 Å². The van der Waals surface area contributed by atoms with E-state index in [-0.39, 0.29) is 48.3 Å². The second-order valence-corrected chi connectivity index (χ2v) is 7.89. The van der Waals surface area contributed by atoms with E-state index in [0.717, 1.165) is 38.3 Å². The van der Waals surface area contributed by atoms with Crippen molar-refractivity contribution in [2.45, 2.75) is 25.9 Å². The van der Waals surface area contributed by atoms with E-state index < -0.39 is 11.9 Å². The summed E-state index contributed by atoms with van der Waals surface area (Å²) in [4.78, 5) is 17.2. The number of halogens is 3. The lowest BCUT2D eigenvalue weighted by molar-refractivity contribution is 0.0467. The Morgan fingerprint density at radius 1 is 1.03 bits per heavy atom. The van der Waals surface area contributed by atoms with Crippen molar-refractivity contribution in [1.82, 2.24) is 9.80 Å². The van der Waals surface area contributed by atoms with Gasteiger partial charge in [-0.15, -0.1) is 12.4 Å². The largest absolute Gasteiger partial charge is 0.490 e. The summed E-state index contributed by atoms with van der Waals surface area (Å²) < 4.78 is 32.5. The standard InChI is InChI=1S/C24H30F2N2O3.ClH/c1-2-27-11-13-28(14-12-27)16-21(29)17-31-24-10-8-20(26)15-22(24)23(30)9-5-18-3-6-19(25)7-4-18;/h3-4,6-8,10,15,21,29H,2,5,9,11-14,16-17H2,1H3;1H. The number of carbonyl (C=O) groups excluding carboxylic acids is 1. The van der Waals surface area contributed by atoms with Crippen molar-refractivity contribution in [3.63, 3.8) is 0 Å². The Morgan fingerprint density at radius 3 is 2.31 bits per heavy atom. The molecule has 0 saturated carbocycles. The number of likely N-dealkylation sites (N-methyl/N-ethyl adjacent to an activating group) is 1. The van der Waals surface area contributed by atoms with Gasteiger partial charge in [-0.25, -0.2) is 8.78 Å². The molecule has 1 aliphatic rings. The molecule has 1 unspecified atom stereocenters. The van der Waals surface area contributed by atoms with Crippen LogP contribution in [0.3, 0.4) is 0 Å². The van der Waals surface area contributed by atoms with Gasteiger partial charge in [0.05, 0.1) is 5.56 Å². The van der Waals surface area contributed by atoms with Crippen molar-refractivity contribution in [3.8, 4) is 5.75 Å². The summed E-state index contributed by atoms with van der Waals surface area (Å²) in [5.74, 6) is -0.849. The van der Waals surface area contributed by atoms with Crippen LogP contribution >= 0.6 is 12.4 Å². The molecule has 1 heterocycles. The first-order valence-corrected chi connectivity index (χ1v) is 10.8. The van der Waals surface area contributed by atoms with Crippen LogP contribution in [0.25, 0.3) is 0 Å². The SMILES string of the molecule is CCN1CCN(CC(O)COc2ccc(F)cc2C(=O)CCc2ccc(F)cc2)CC1.Cl. The second kappa shape index (κ2) is 12.8. The van der Waals surface area contributed by atoms with Gasteiger partial charge in [0.25, 0.3) is 0 Å². The zero-order valence-corrected chi connectivity index (χ0v) is 19.1. The number of aryl methyl sites for hydroxylation is 1. The molecule has 2 aromatic rings. The smallest absolute Gasteiger partial charge is 0.167 e. The number of hydrogen-bond donors (Lipinski definition) is 1. The van der Waals surface area contributed by atoms with E-state index >= 15 is 0 Å². The Labute approximate surface area is 194 Å². The van der Waals surface area contributed by atoms with Gasteiger partial charge in [0.1, 0.15) is 30.1 Å². The van der Waals surface area contributed by atoms with Crippen molar-refractivity contribution in [1.29, 1.82) is 0 Å². The summed E-state index contributed by atoms with van der Waals surface area (Å²) in [6, 6.07) is 9.78. The van der Waals surface area contributed by atoms with Gasteiger partial charge in [-0.05, 0) is 48.9 Å². The van der Waals surface area contributed by atoms with E-state index in [9.17, 15) is 18.7 Å². The zero-order valence-electron chi connectivity index (χ0n) is 18.3. The second-order valence-electron chi connectivity index (χ2n) is 7.89. The maximum Gasteiger partial charge on any atom is 0.167 e. The summed E-state index contributed by atoms with van der Waals surface area (Å²) in [6.45, 7) is 7.44. The van der Waals surface area contributed by atoms with Gasteiger partial charge >= 0.3 is 0 Å². The minimum atomic E-state index is -0.708. The topological polar surface area (TPSA) is 53.0 Å². The Balaban J connectivity index is 0.00000363. The highest BCUT2D eigenvalue weighted by atomic mass is 35.5. The maximum atomic E-state index is 13.8. The van der Waals surface area contributed by atoms with E-state index in [1.54, 1.807) is 12.1 Å². The predicted octanol–water partition coefficient (Wildman–Crippen LogP) is 3.58. The van der Waals surface area contributed by atoms with Crippen molar-refractivity contribution >= 4 is 18.2 Å². The third kappa shape index (κ3) is 7.81. The monoisotopic (exact) mass is 468 g/mol. The Hall–Kier alpha value is -2.06. The summed E-state index contributed by atoms with van der Waals surface area (Å²) in [6.07, 6.45) is -0.141. The third-order valence-corrected chi connectivity index (χ3v) is 5.61. The number of Topliss-reactive ketones (excluding diaryl/α,β-unsaturated/α-hetero) is 1. The fourth-order valence-electron chi connectivity index (χ4n) is 3.71. The molecule has 1 fully saturated rings. The Kier molecular flexibility index (Phi) is 10.5. The number of aliphatic hydroxyl groups excluding tert-OH is 1. The molecular formula is C24H31ClF2N2O3. The summed E-state index contributed by atoms with van der Waals surface area (Å²) >= 11 is 0. The van der Waals surface area contributed by atoms with Crippen LogP contribution in [0.2, 0.25) is 0 Å². The number of aliphatic hydroxyl groups is 1. The van der Waals surface area contributed by atoms with Gasteiger partial charge in [-0.2, -0.15) is 0 Å². The highest BCUT2D eigenvalue weighted by Crippen LogP contribution is 2.23. The van der Waals surface area contributed by atoms with Gasteiger partial charge in [-0.1, -0.05) is 19.1 Å². The molecule has 2 aromatic carbocycles. The summed E-state index contributed by atoms with van der Waals surface area (Å²) in [5, 5.41) is 10.4. The predicted molar refractivity (Wildman–Crippen MR) is 123 cm³/mol. The molecule has 176 valence electrons. The molecule has 5 nitrogen and oxygen atoms in total. The fourth-order valence-corrected chi connectivity index (χ4v) is 3.71. The van der Waals surface area contributed by atoms with Crippen LogP contribution in [0, 0.1) is 11.6 Å². The van der Waals surface area contributed by atoms with Crippen molar-refractivity contribution in [3.05, 3.63) is 65.2 Å². The molecule has 0 aliphatic carbocycles. The molecule has 0 amide bonds. The minimum absolute atomic E-state index is 0. The quantitative estimate of drug-likeness (QED) is 0.540. The molecule has 0 bridgehead atoms. The van der Waals surface area contributed by atoms with E-state index in [1.165, 1.54) is 30.3 Å². The van der Waals surface area contributed by atoms with Gasteiger partial charge < -0.3 is 14.7 Å². The van der Waals surface area contributed by atoms with E-state index in [0.29, 0.717) is 13.0 Å². The molecule has 0 radical (unpaired) electrons. The molecule has 1 aliphatic heterocycles. The Morgan fingerprint density at radius 2 is 1.66 bits per heavy atom. The number of ketones is 1. The third-order valence-electron chi connectivity index (χ3n) is 5.61. The number of rotatable bonds is 10. The summed E-state index contributed by atoms with van der Waals surface area (Å²) in [7, 11) is 0. The molecule has 32 heavy (non-hydrogen) atoms. The van der Waals surface area contributed by atoms with Crippen LogP contribution in [0.4, 0.5) is 8.78 Å². The van der Waals surface area contributed by atoms with Crippen molar-refractivity contribution in [2.24, 2.45) is 0 Å². The van der Waals surface area contributed by atoms with Crippen molar-refractivity contribution < 1.29 is 23.4 Å². The van der Waals surface area contributed by atoms with E-state index in [1.807, 2.05) is 0 Å². The van der Waals surface area contributed by atoms with E-state index in [4.69, 9.17) is 4.74 Å². The fraction of sp³-hybridized carbons (Fsp3) is 0.458. The number of nitrogens with zero attached hydrogens (tertiary/aromatic N) is 2. The molecule has 0 spiro atoms. The normalized spacial score (nSPS) is 15.8. The molecule has 0 aromatic heterocycles. The first-order chi connectivity index (χ1) is 14.9. The molecule has 1 saturated heterocycles. The molecule has 1 N–H and O–H groups in total. The number of carbonyl (C=O) groups is 1.